The molecule has 0 bridgehead atoms. The highest BCUT2D eigenvalue weighted by molar-refractivity contribution is 4.96. The molecule has 0 aliphatic heterocycles. The molecule has 3 unspecified atom stereocenters. The Bertz CT molecular complexity index is 186. The summed E-state index contributed by atoms with van der Waals surface area (Å²) in [6.45, 7) is 3.03. The van der Waals surface area contributed by atoms with Crippen LogP contribution in [-0.4, -0.2) is 39.5 Å². The molecule has 0 aromatic heterocycles. The van der Waals surface area contributed by atoms with Crippen LogP contribution in [0.2, 0.25) is 0 Å². The van der Waals surface area contributed by atoms with Gasteiger partial charge in [0, 0.05) is 14.2 Å². The Balaban J connectivity index is 2.71. The fraction of sp³-hybridized carbons (Fsp3) is 1.00. The Hall–Kier alpha value is -0.120. The zero-order valence-electron chi connectivity index (χ0n) is 10.5. The summed E-state index contributed by atoms with van der Waals surface area (Å²) in [5.74, 6) is 0.756. The Morgan fingerprint density at radius 3 is 2.67 bits per heavy atom. The van der Waals surface area contributed by atoms with E-state index in [0.29, 0.717) is 6.04 Å². The van der Waals surface area contributed by atoms with Gasteiger partial charge in [-0.1, -0.05) is 19.8 Å². The third kappa shape index (κ3) is 2.92. The van der Waals surface area contributed by atoms with Crippen LogP contribution < -0.4 is 5.32 Å². The molecule has 3 nitrogen and oxygen atoms in total. The predicted octanol–water partition coefficient (Wildman–Crippen LogP) is 1.82. The van der Waals surface area contributed by atoms with Gasteiger partial charge in [-0.15, -0.1) is 0 Å². The quantitative estimate of drug-likeness (QED) is 0.759. The molecule has 1 aliphatic rings. The summed E-state index contributed by atoms with van der Waals surface area (Å²) in [6.07, 6.45) is 4.87. The van der Waals surface area contributed by atoms with E-state index in [2.05, 4.69) is 12.2 Å². The first-order valence-corrected chi connectivity index (χ1v) is 5.90. The molecule has 1 fully saturated rings. The number of likely N-dealkylation sites (N-methyl/N-ethyl adjacent to an activating group) is 1. The molecule has 1 saturated carbocycles. The van der Waals surface area contributed by atoms with Crippen LogP contribution in [0.3, 0.4) is 0 Å². The fourth-order valence-corrected chi connectivity index (χ4v) is 2.85. The Morgan fingerprint density at radius 2 is 2.20 bits per heavy atom. The highest BCUT2D eigenvalue weighted by Gasteiger charge is 2.41. The molecule has 1 rings (SSSR count). The number of nitrogens with one attached hydrogen (secondary N) is 1. The molecule has 90 valence electrons. The largest absolute Gasteiger partial charge is 0.383 e. The van der Waals surface area contributed by atoms with Crippen molar-refractivity contribution in [3.8, 4) is 0 Å². The topological polar surface area (TPSA) is 30.5 Å². The lowest BCUT2D eigenvalue weighted by Crippen LogP contribution is -2.55. The molecule has 0 spiro atoms. The molecule has 1 N–H and O–H groups in total. The fourth-order valence-electron chi connectivity index (χ4n) is 2.85. The van der Waals surface area contributed by atoms with Gasteiger partial charge < -0.3 is 14.8 Å². The normalized spacial score (nSPS) is 34.0. The molecule has 1 aliphatic carbocycles. The summed E-state index contributed by atoms with van der Waals surface area (Å²) < 4.78 is 11.1. The third-order valence-electron chi connectivity index (χ3n) is 3.71. The molecule has 0 radical (unpaired) electrons. The smallest absolute Gasteiger partial charge is 0.0855 e. The summed E-state index contributed by atoms with van der Waals surface area (Å²) in [7, 11) is 5.57. The van der Waals surface area contributed by atoms with Gasteiger partial charge in [0.05, 0.1) is 18.2 Å². The van der Waals surface area contributed by atoms with Gasteiger partial charge in [-0.2, -0.15) is 0 Å². The minimum atomic E-state index is -0.0254. The molecule has 0 amide bonds. The lowest BCUT2D eigenvalue weighted by molar-refractivity contribution is -0.0912. The van der Waals surface area contributed by atoms with Crippen molar-refractivity contribution in [2.75, 3.05) is 27.9 Å². The Kier molecular flexibility index (Phi) is 5.03. The maximum atomic E-state index is 5.81. The number of methoxy groups -OCH3 is 2. The van der Waals surface area contributed by atoms with E-state index in [1.165, 1.54) is 12.8 Å². The van der Waals surface area contributed by atoms with Crippen LogP contribution in [0.4, 0.5) is 0 Å². The van der Waals surface area contributed by atoms with E-state index < -0.39 is 0 Å². The van der Waals surface area contributed by atoms with Gasteiger partial charge in [0.2, 0.25) is 0 Å². The number of hydrogen-bond donors (Lipinski definition) is 1. The first-order valence-electron chi connectivity index (χ1n) is 5.90. The van der Waals surface area contributed by atoms with Gasteiger partial charge in [-0.3, -0.25) is 0 Å². The third-order valence-corrected chi connectivity index (χ3v) is 3.71. The molecule has 0 heterocycles. The van der Waals surface area contributed by atoms with E-state index in [1.807, 2.05) is 14.2 Å². The van der Waals surface area contributed by atoms with E-state index in [-0.39, 0.29) is 5.60 Å². The van der Waals surface area contributed by atoms with E-state index >= 15 is 0 Å². The second-order valence-corrected chi connectivity index (χ2v) is 4.77. The van der Waals surface area contributed by atoms with Crippen molar-refractivity contribution >= 4 is 0 Å². The first-order chi connectivity index (χ1) is 7.18. The van der Waals surface area contributed by atoms with Gasteiger partial charge >= 0.3 is 0 Å². The molecular formula is C12H25NO2. The minimum absolute atomic E-state index is 0.0254. The molecule has 3 atom stereocenters. The molecule has 15 heavy (non-hydrogen) atoms. The summed E-state index contributed by atoms with van der Waals surface area (Å²) >= 11 is 0. The summed E-state index contributed by atoms with van der Waals surface area (Å²) in [5.41, 5.74) is -0.0254. The van der Waals surface area contributed by atoms with Gasteiger partial charge in [0.15, 0.2) is 0 Å². The molecular weight excluding hydrogens is 190 g/mol. The number of ether oxygens (including phenoxy) is 2. The van der Waals surface area contributed by atoms with Crippen molar-refractivity contribution in [1.82, 2.24) is 5.32 Å². The van der Waals surface area contributed by atoms with Crippen LogP contribution in [0.15, 0.2) is 0 Å². The molecule has 3 heteroatoms. The van der Waals surface area contributed by atoms with Crippen molar-refractivity contribution in [3.05, 3.63) is 0 Å². The van der Waals surface area contributed by atoms with Crippen molar-refractivity contribution < 1.29 is 9.47 Å². The van der Waals surface area contributed by atoms with Crippen molar-refractivity contribution in [3.63, 3.8) is 0 Å². The van der Waals surface area contributed by atoms with Gasteiger partial charge in [-0.05, 0) is 25.8 Å². The lowest BCUT2D eigenvalue weighted by atomic mass is 9.74. The molecule has 0 aromatic carbocycles. The Labute approximate surface area is 93.5 Å². The van der Waals surface area contributed by atoms with Crippen molar-refractivity contribution in [1.29, 1.82) is 0 Å². The highest BCUT2D eigenvalue weighted by Crippen LogP contribution is 2.37. The SMILES string of the molecule is CNC(COC)C1(OC)CCCC(C)C1. The van der Waals surface area contributed by atoms with E-state index in [4.69, 9.17) is 9.47 Å². The van der Waals surface area contributed by atoms with Crippen LogP contribution in [0, 0.1) is 5.92 Å². The van der Waals surface area contributed by atoms with Gasteiger partial charge in [0.25, 0.3) is 0 Å². The van der Waals surface area contributed by atoms with Crippen molar-refractivity contribution in [2.45, 2.75) is 44.2 Å². The zero-order valence-corrected chi connectivity index (χ0v) is 10.5. The van der Waals surface area contributed by atoms with E-state index in [9.17, 15) is 0 Å². The van der Waals surface area contributed by atoms with Crippen LogP contribution in [0.1, 0.15) is 32.6 Å². The summed E-state index contributed by atoms with van der Waals surface area (Å²) in [5, 5.41) is 3.34. The zero-order chi connectivity index (χ0) is 11.3. The first kappa shape index (κ1) is 12.9. The van der Waals surface area contributed by atoms with E-state index in [0.717, 1.165) is 25.4 Å². The van der Waals surface area contributed by atoms with Crippen molar-refractivity contribution in [2.24, 2.45) is 5.92 Å². The van der Waals surface area contributed by atoms with Crippen LogP contribution in [-0.2, 0) is 9.47 Å². The van der Waals surface area contributed by atoms with Crippen LogP contribution in [0.25, 0.3) is 0 Å². The summed E-state index contributed by atoms with van der Waals surface area (Å²) in [6, 6.07) is 0.301. The maximum Gasteiger partial charge on any atom is 0.0855 e. The lowest BCUT2D eigenvalue weighted by Gasteiger charge is -2.44. The number of rotatable bonds is 5. The van der Waals surface area contributed by atoms with Gasteiger partial charge in [0.1, 0.15) is 0 Å². The average Bonchev–Trinajstić information content (AvgIpc) is 2.25. The van der Waals surface area contributed by atoms with Crippen LogP contribution in [0.5, 0.6) is 0 Å². The second kappa shape index (κ2) is 5.83. The average molecular weight is 215 g/mol. The second-order valence-electron chi connectivity index (χ2n) is 4.77. The van der Waals surface area contributed by atoms with Gasteiger partial charge in [-0.25, -0.2) is 0 Å². The summed E-state index contributed by atoms with van der Waals surface area (Å²) in [4.78, 5) is 0. The Morgan fingerprint density at radius 1 is 1.47 bits per heavy atom. The number of hydrogen-bond acceptors (Lipinski definition) is 3. The minimum Gasteiger partial charge on any atom is -0.383 e. The van der Waals surface area contributed by atoms with E-state index in [1.54, 1.807) is 7.11 Å². The predicted molar refractivity (Wildman–Crippen MR) is 62.1 cm³/mol. The van der Waals surface area contributed by atoms with Crippen LogP contribution >= 0.6 is 0 Å². The molecule has 0 aromatic rings. The molecule has 0 saturated heterocycles. The highest BCUT2D eigenvalue weighted by atomic mass is 16.5. The standard InChI is InChI=1S/C12H25NO2/c1-10-6-5-7-12(8-10,15-4)11(13-2)9-14-3/h10-11,13H,5-9H2,1-4H3. The maximum absolute atomic E-state index is 5.81. The monoisotopic (exact) mass is 215 g/mol.